The molecule has 3 N–H and O–H groups in total. The number of carbonyl (C=O) groups excluding carboxylic acids is 4. The fraction of sp³-hybridized carbons (Fsp3) is 0.942. The minimum Gasteiger partial charge on any atom is -0.462 e. The molecule has 0 saturated carbocycles. The number of carbonyl (C=O) groups is 4. The van der Waals surface area contributed by atoms with E-state index in [9.17, 15) is 43.2 Å². The van der Waals surface area contributed by atoms with Gasteiger partial charge in [0.05, 0.1) is 26.4 Å². The maximum atomic E-state index is 13.0. The van der Waals surface area contributed by atoms with Crippen LogP contribution in [0.3, 0.4) is 0 Å². The van der Waals surface area contributed by atoms with Gasteiger partial charge in [-0.2, -0.15) is 0 Å². The predicted molar refractivity (Wildman–Crippen MR) is 354 cm³/mol. The van der Waals surface area contributed by atoms with Gasteiger partial charge in [0.1, 0.15) is 19.3 Å². The van der Waals surface area contributed by atoms with Gasteiger partial charge >= 0.3 is 39.5 Å². The number of ether oxygens (including phenoxy) is 4. The fourth-order valence-corrected chi connectivity index (χ4v) is 12.0. The van der Waals surface area contributed by atoms with E-state index in [4.69, 9.17) is 37.0 Å². The number of unbranched alkanes of at least 4 members (excludes halogenated alkanes) is 38. The third kappa shape index (κ3) is 62.8. The molecule has 522 valence electrons. The van der Waals surface area contributed by atoms with Crippen molar-refractivity contribution in [2.24, 2.45) is 11.8 Å². The number of phosphoric acid groups is 2. The van der Waals surface area contributed by atoms with Gasteiger partial charge < -0.3 is 33.8 Å². The van der Waals surface area contributed by atoms with Crippen LogP contribution in [0, 0.1) is 11.8 Å². The number of phosphoric ester groups is 2. The minimum atomic E-state index is -4.95. The summed E-state index contributed by atoms with van der Waals surface area (Å²) in [5, 5.41) is 10.6. The average Bonchev–Trinajstić information content (AvgIpc) is 3.65. The number of aliphatic hydroxyl groups is 1. The van der Waals surface area contributed by atoms with E-state index < -0.39 is 97.5 Å². The summed E-state index contributed by atoms with van der Waals surface area (Å²) in [5.41, 5.74) is 0. The molecular formula is C69H134O17P2. The van der Waals surface area contributed by atoms with Gasteiger partial charge in [0, 0.05) is 25.7 Å². The Morgan fingerprint density at radius 3 is 0.773 bits per heavy atom. The van der Waals surface area contributed by atoms with Crippen molar-refractivity contribution in [1.29, 1.82) is 0 Å². The summed E-state index contributed by atoms with van der Waals surface area (Å²) in [4.78, 5) is 72.5. The second kappa shape index (κ2) is 61.3. The normalized spacial score (nSPS) is 14.2. The Balaban J connectivity index is 5.25. The number of hydrogen-bond donors (Lipinski definition) is 3. The molecule has 0 spiro atoms. The number of esters is 4. The highest BCUT2D eigenvalue weighted by Crippen LogP contribution is 2.45. The van der Waals surface area contributed by atoms with Crippen LogP contribution in [0.2, 0.25) is 0 Å². The molecule has 0 aliphatic heterocycles. The summed E-state index contributed by atoms with van der Waals surface area (Å²) in [7, 11) is -9.90. The van der Waals surface area contributed by atoms with Crippen molar-refractivity contribution in [3.63, 3.8) is 0 Å². The Bertz CT molecular complexity index is 1720. The van der Waals surface area contributed by atoms with Gasteiger partial charge in [-0.05, 0) is 37.5 Å². The minimum absolute atomic E-state index is 0.106. The summed E-state index contributed by atoms with van der Waals surface area (Å²) in [6, 6.07) is 0. The first kappa shape index (κ1) is 86.1. The molecule has 0 rings (SSSR count). The second-order valence-electron chi connectivity index (χ2n) is 25.9. The molecule has 0 aromatic rings. The molecule has 0 aromatic carbocycles. The second-order valence-corrected chi connectivity index (χ2v) is 28.8. The lowest BCUT2D eigenvalue weighted by atomic mass is 10.0. The Morgan fingerprint density at radius 1 is 0.307 bits per heavy atom. The molecule has 17 nitrogen and oxygen atoms in total. The molecule has 0 aromatic heterocycles. The van der Waals surface area contributed by atoms with Gasteiger partial charge in [0.2, 0.25) is 0 Å². The third-order valence-electron chi connectivity index (χ3n) is 16.0. The maximum Gasteiger partial charge on any atom is 0.472 e. The zero-order chi connectivity index (χ0) is 65.0. The number of hydrogen-bond acceptors (Lipinski definition) is 15. The molecule has 88 heavy (non-hydrogen) atoms. The van der Waals surface area contributed by atoms with Crippen LogP contribution < -0.4 is 0 Å². The van der Waals surface area contributed by atoms with Gasteiger partial charge in [-0.3, -0.25) is 37.3 Å². The standard InChI is InChI=1S/C69H134O17P2/c1-7-9-11-13-15-17-19-20-24-27-33-39-45-51-66(71)79-57-64(85-69(74)54-48-42-35-29-25-21-23-26-31-37-43-49-61(3)4)59-83-87(75,76)81-55-63(70)56-82-88(77,78)84-60-65(58-80-67(72)52-46-40-36-30-32-38-44-50-62(5)6)86-68(73)53-47-41-34-28-22-18-16-14-12-10-8-2/h61-65,70H,7-60H2,1-6H3,(H,75,76)(H,77,78)/t63-,64-,65-/m1/s1. The molecule has 0 fully saturated rings. The molecule has 0 aliphatic rings. The number of aliphatic hydroxyl groups excluding tert-OH is 1. The van der Waals surface area contributed by atoms with Crippen LogP contribution in [0.5, 0.6) is 0 Å². The first-order valence-electron chi connectivity index (χ1n) is 36.0. The summed E-state index contributed by atoms with van der Waals surface area (Å²) in [5.74, 6) is -0.654. The molecule has 19 heteroatoms. The van der Waals surface area contributed by atoms with E-state index in [1.165, 1.54) is 161 Å². The lowest BCUT2D eigenvalue weighted by molar-refractivity contribution is -0.161. The van der Waals surface area contributed by atoms with Crippen LogP contribution in [-0.2, 0) is 65.4 Å². The lowest BCUT2D eigenvalue weighted by Crippen LogP contribution is -2.30. The van der Waals surface area contributed by atoms with E-state index in [0.717, 1.165) is 102 Å². The van der Waals surface area contributed by atoms with Crippen LogP contribution >= 0.6 is 15.6 Å². The molecule has 0 aliphatic carbocycles. The van der Waals surface area contributed by atoms with Crippen molar-refractivity contribution >= 4 is 39.5 Å². The van der Waals surface area contributed by atoms with Crippen molar-refractivity contribution in [2.75, 3.05) is 39.6 Å². The molecule has 0 saturated heterocycles. The van der Waals surface area contributed by atoms with E-state index in [1.54, 1.807) is 0 Å². The first-order valence-corrected chi connectivity index (χ1v) is 39.0. The van der Waals surface area contributed by atoms with Crippen LogP contribution in [-0.4, -0.2) is 96.7 Å². The van der Waals surface area contributed by atoms with Crippen LogP contribution in [0.4, 0.5) is 0 Å². The van der Waals surface area contributed by atoms with Crippen molar-refractivity contribution in [3.8, 4) is 0 Å². The van der Waals surface area contributed by atoms with Crippen LogP contribution in [0.1, 0.15) is 350 Å². The first-order chi connectivity index (χ1) is 42.4. The zero-order valence-electron chi connectivity index (χ0n) is 57.0. The fourth-order valence-electron chi connectivity index (χ4n) is 10.4. The van der Waals surface area contributed by atoms with Crippen LogP contribution in [0.25, 0.3) is 0 Å². The van der Waals surface area contributed by atoms with E-state index in [0.29, 0.717) is 31.6 Å². The SMILES string of the molecule is CCCCCCCCCCCCCCCC(=O)OC[C@H](COP(=O)(O)OC[C@@H](O)COP(=O)(O)OC[C@@H](COC(=O)CCCCCCCCCC(C)C)OC(=O)CCCCCCCCCCCCC)OC(=O)CCCCCCCCCCCCCC(C)C. The molecule has 0 radical (unpaired) electrons. The highest BCUT2D eigenvalue weighted by molar-refractivity contribution is 7.47. The van der Waals surface area contributed by atoms with Crippen molar-refractivity contribution in [2.45, 2.75) is 368 Å². The predicted octanol–water partition coefficient (Wildman–Crippen LogP) is 19.6. The Morgan fingerprint density at radius 2 is 0.523 bits per heavy atom. The largest absolute Gasteiger partial charge is 0.472 e. The smallest absolute Gasteiger partial charge is 0.462 e. The molecule has 0 heterocycles. The average molecular weight is 1300 g/mol. The van der Waals surface area contributed by atoms with Gasteiger partial charge in [-0.15, -0.1) is 0 Å². The van der Waals surface area contributed by atoms with Gasteiger partial charge in [0.25, 0.3) is 0 Å². The highest BCUT2D eigenvalue weighted by Gasteiger charge is 2.30. The van der Waals surface area contributed by atoms with E-state index >= 15 is 0 Å². The Hall–Kier alpha value is -1.94. The summed E-state index contributed by atoms with van der Waals surface area (Å²) in [6.07, 6.45) is 45.7. The van der Waals surface area contributed by atoms with Crippen molar-refractivity contribution < 1.29 is 80.2 Å². The topological polar surface area (TPSA) is 237 Å². The monoisotopic (exact) mass is 1300 g/mol. The molecule has 0 amide bonds. The van der Waals surface area contributed by atoms with Crippen LogP contribution in [0.15, 0.2) is 0 Å². The van der Waals surface area contributed by atoms with Gasteiger partial charge in [-0.1, -0.05) is 298 Å². The lowest BCUT2D eigenvalue weighted by Gasteiger charge is -2.21. The van der Waals surface area contributed by atoms with E-state index in [-0.39, 0.29) is 25.7 Å². The summed E-state index contributed by atoms with van der Waals surface area (Å²) in [6.45, 7) is 9.48. The van der Waals surface area contributed by atoms with Gasteiger partial charge in [-0.25, -0.2) is 9.13 Å². The third-order valence-corrected chi connectivity index (χ3v) is 17.9. The summed E-state index contributed by atoms with van der Waals surface area (Å²) < 4.78 is 68.2. The molecular weight excluding hydrogens is 1160 g/mol. The maximum absolute atomic E-state index is 13.0. The van der Waals surface area contributed by atoms with Crippen molar-refractivity contribution in [3.05, 3.63) is 0 Å². The highest BCUT2D eigenvalue weighted by atomic mass is 31.2. The Kier molecular flexibility index (Phi) is 59.9. The molecule has 0 bridgehead atoms. The summed E-state index contributed by atoms with van der Waals surface area (Å²) >= 11 is 0. The number of rotatable bonds is 68. The van der Waals surface area contributed by atoms with Gasteiger partial charge in [0.15, 0.2) is 12.2 Å². The Labute approximate surface area is 537 Å². The van der Waals surface area contributed by atoms with Crippen molar-refractivity contribution in [1.82, 2.24) is 0 Å². The zero-order valence-corrected chi connectivity index (χ0v) is 58.8. The quantitative estimate of drug-likeness (QED) is 0.0222. The molecule has 2 unspecified atom stereocenters. The molecule has 5 atom stereocenters. The van der Waals surface area contributed by atoms with E-state index in [1.807, 2.05) is 0 Å². The van der Waals surface area contributed by atoms with E-state index in [2.05, 4.69) is 41.5 Å².